The summed E-state index contributed by atoms with van der Waals surface area (Å²) in [7, 11) is 0. The van der Waals surface area contributed by atoms with Crippen LogP contribution in [0.1, 0.15) is 42.6 Å². The van der Waals surface area contributed by atoms with Crippen molar-refractivity contribution in [3.05, 3.63) is 35.3 Å². The van der Waals surface area contributed by atoms with Crippen LogP contribution in [0.2, 0.25) is 0 Å². The Bertz CT molecular complexity index is 859. The quantitative estimate of drug-likeness (QED) is 0.644. The minimum absolute atomic E-state index is 0.0489. The normalized spacial score (nSPS) is 11.3. The van der Waals surface area contributed by atoms with E-state index in [9.17, 15) is 15.2 Å². The highest BCUT2D eigenvalue weighted by molar-refractivity contribution is 5.91. The van der Waals surface area contributed by atoms with Gasteiger partial charge in [0.25, 0.3) is 0 Å². The molecule has 8 heteroatoms. The van der Waals surface area contributed by atoms with Gasteiger partial charge in [-0.25, -0.2) is 9.78 Å². The SMILES string of the molecule is CCOCc1nc(C#N)c(-c2ccc(C(=O)O)cc2N)n1CC(C)(C)O. The van der Waals surface area contributed by atoms with E-state index in [1.54, 1.807) is 24.5 Å². The van der Waals surface area contributed by atoms with Gasteiger partial charge in [0.05, 0.1) is 23.4 Å². The zero-order valence-corrected chi connectivity index (χ0v) is 15.0. The number of carbonyl (C=O) groups is 1. The van der Waals surface area contributed by atoms with Crippen molar-refractivity contribution in [1.29, 1.82) is 5.26 Å². The number of ether oxygens (including phenoxy) is 1. The number of imidazole rings is 1. The monoisotopic (exact) mass is 358 g/mol. The van der Waals surface area contributed by atoms with Gasteiger partial charge in [-0.05, 0) is 39.0 Å². The molecule has 1 heterocycles. The number of anilines is 1. The Balaban J connectivity index is 2.68. The molecule has 4 N–H and O–H groups in total. The molecular formula is C18H22N4O4. The maximum absolute atomic E-state index is 11.1. The van der Waals surface area contributed by atoms with Gasteiger partial charge >= 0.3 is 5.97 Å². The van der Waals surface area contributed by atoms with Gasteiger partial charge in [0.1, 0.15) is 18.5 Å². The van der Waals surface area contributed by atoms with Gasteiger partial charge in [0.15, 0.2) is 5.69 Å². The van der Waals surface area contributed by atoms with Gasteiger partial charge in [0, 0.05) is 17.9 Å². The molecule has 0 unspecified atom stereocenters. The summed E-state index contributed by atoms with van der Waals surface area (Å²) in [5, 5.41) is 28.9. The number of rotatable bonds is 7. The Morgan fingerprint density at radius 1 is 1.46 bits per heavy atom. The smallest absolute Gasteiger partial charge is 0.335 e. The summed E-state index contributed by atoms with van der Waals surface area (Å²) in [6, 6.07) is 6.34. The predicted molar refractivity (Wildman–Crippen MR) is 95.4 cm³/mol. The minimum Gasteiger partial charge on any atom is -0.478 e. The van der Waals surface area contributed by atoms with Crippen LogP contribution in [0.15, 0.2) is 18.2 Å². The van der Waals surface area contributed by atoms with E-state index in [1.165, 1.54) is 12.1 Å². The topological polar surface area (TPSA) is 134 Å². The van der Waals surface area contributed by atoms with Crippen LogP contribution in [0.3, 0.4) is 0 Å². The Labute approximate surface area is 151 Å². The van der Waals surface area contributed by atoms with Crippen LogP contribution in [0, 0.1) is 11.3 Å². The fourth-order valence-electron chi connectivity index (χ4n) is 2.62. The lowest BCUT2D eigenvalue weighted by molar-refractivity contribution is 0.0573. The predicted octanol–water partition coefficient (Wildman–Crippen LogP) is 2.01. The highest BCUT2D eigenvalue weighted by atomic mass is 16.5. The number of benzene rings is 1. The molecule has 0 fully saturated rings. The molecule has 0 saturated heterocycles. The van der Waals surface area contributed by atoms with Crippen LogP contribution in [0.5, 0.6) is 0 Å². The summed E-state index contributed by atoms with van der Waals surface area (Å²) in [5.41, 5.74) is 6.28. The van der Waals surface area contributed by atoms with E-state index in [1.807, 2.05) is 13.0 Å². The van der Waals surface area contributed by atoms with Crippen LogP contribution < -0.4 is 5.73 Å². The van der Waals surface area contributed by atoms with E-state index in [4.69, 9.17) is 15.6 Å². The molecule has 2 aromatic rings. The first-order chi connectivity index (χ1) is 12.2. The second-order valence-corrected chi connectivity index (χ2v) is 6.48. The van der Waals surface area contributed by atoms with Crippen molar-refractivity contribution in [2.24, 2.45) is 0 Å². The molecule has 0 aliphatic rings. The van der Waals surface area contributed by atoms with Gasteiger partial charge in [0.2, 0.25) is 0 Å². The van der Waals surface area contributed by atoms with E-state index in [0.29, 0.717) is 23.7 Å². The number of nitrogens with two attached hydrogens (primary N) is 1. The lowest BCUT2D eigenvalue weighted by Crippen LogP contribution is -2.28. The second-order valence-electron chi connectivity index (χ2n) is 6.48. The van der Waals surface area contributed by atoms with Crippen LogP contribution in [-0.4, -0.2) is 37.9 Å². The Morgan fingerprint density at radius 3 is 2.65 bits per heavy atom. The molecule has 0 radical (unpaired) electrons. The van der Waals surface area contributed by atoms with Crippen molar-refractivity contribution >= 4 is 11.7 Å². The Kier molecular flexibility index (Phi) is 5.65. The van der Waals surface area contributed by atoms with E-state index in [0.717, 1.165) is 0 Å². The molecule has 0 atom stereocenters. The van der Waals surface area contributed by atoms with Crippen molar-refractivity contribution < 1.29 is 19.7 Å². The summed E-state index contributed by atoms with van der Waals surface area (Å²) >= 11 is 0. The van der Waals surface area contributed by atoms with Crippen molar-refractivity contribution in [3.63, 3.8) is 0 Å². The van der Waals surface area contributed by atoms with Crippen molar-refractivity contribution in [2.75, 3.05) is 12.3 Å². The van der Waals surface area contributed by atoms with Crippen molar-refractivity contribution in [1.82, 2.24) is 9.55 Å². The molecule has 138 valence electrons. The number of aromatic nitrogens is 2. The number of hydrogen-bond acceptors (Lipinski definition) is 6. The van der Waals surface area contributed by atoms with Crippen LogP contribution in [0.4, 0.5) is 5.69 Å². The molecule has 1 aromatic carbocycles. The molecule has 0 aliphatic carbocycles. The van der Waals surface area contributed by atoms with E-state index in [-0.39, 0.29) is 30.1 Å². The highest BCUT2D eigenvalue weighted by Crippen LogP contribution is 2.32. The third-order valence-electron chi connectivity index (χ3n) is 3.69. The number of hydrogen-bond donors (Lipinski definition) is 3. The zero-order chi connectivity index (χ0) is 19.5. The number of nitrogens with zero attached hydrogens (tertiary/aromatic N) is 3. The molecular weight excluding hydrogens is 336 g/mol. The first-order valence-corrected chi connectivity index (χ1v) is 8.10. The minimum atomic E-state index is -1.09. The van der Waals surface area contributed by atoms with Gasteiger partial charge in [-0.15, -0.1) is 0 Å². The van der Waals surface area contributed by atoms with Crippen LogP contribution in [0.25, 0.3) is 11.3 Å². The first-order valence-electron chi connectivity index (χ1n) is 8.10. The van der Waals surface area contributed by atoms with Crippen molar-refractivity contribution in [2.45, 2.75) is 39.5 Å². The summed E-state index contributed by atoms with van der Waals surface area (Å²) in [5.74, 6) is -0.604. The van der Waals surface area contributed by atoms with Crippen LogP contribution in [-0.2, 0) is 17.9 Å². The average molecular weight is 358 g/mol. The standard InChI is InChI=1S/C18H22N4O4/c1-4-26-9-15-21-14(8-19)16(22(15)10-18(2,3)25)12-6-5-11(17(23)24)7-13(12)20/h5-7,25H,4,9-10,20H2,1-3H3,(H,23,24). The number of aromatic carboxylic acids is 1. The number of aliphatic hydroxyl groups is 1. The third kappa shape index (κ3) is 4.20. The van der Waals surface area contributed by atoms with Gasteiger partial charge in [-0.2, -0.15) is 5.26 Å². The van der Waals surface area contributed by atoms with Crippen molar-refractivity contribution in [3.8, 4) is 17.3 Å². The van der Waals surface area contributed by atoms with E-state index >= 15 is 0 Å². The number of nitriles is 1. The molecule has 2 rings (SSSR count). The summed E-state index contributed by atoms with van der Waals surface area (Å²) in [6.07, 6.45) is 0. The Hall–Kier alpha value is -2.89. The molecule has 0 saturated carbocycles. The third-order valence-corrected chi connectivity index (χ3v) is 3.69. The first kappa shape index (κ1) is 19.4. The molecule has 8 nitrogen and oxygen atoms in total. The maximum Gasteiger partial charge on any atom is 0.335 e. The second kappa shape index (κ2) is 7.56. The average Bonchev–Trinajstić information content (AvgIpc) is 2.88. The lowest BCUT2D eigenvalue weighted by atomic mass is 10.0. The summed E-state index contributed by atoms with van der Waals surface area (Å²) in [4.78, 5) is 15.4. The molecule has 0 aliphatic heterocycles. The highest BCUT2D eigenvalue weighted by Gasteiger charge is 2.25. The Morgan fingerprint density at radius 2 is 2.15 bits per heavy atom. The van der Waals surface area contributed by atoms with E-state index in [2.05, 4.69) is 4.98 Å². The lowest BCUT2D eigenvalue weighted by Gasteiger charge is -2.22. The van der Waals surface area contributed by atoms with E-state index < -0.39 is 11.6 Å². The van der Waals surface area contributed by atoms with Crippen LogP contribution >= 0.6 is 0 Å². The largest absolute Gasteiger partial charge is 0.478 e. The number of carboxylic acids is 1. The summed E-state index contributed by atoms with van der Waals surface area (Å²) in [6.45, 7) is 5.95. The number of carboxylic acid groups (broad SMARTS) is 1. The molecule has 0 spiro atoms. The number of nitrogen functional groups attached to an aromatic ring is 1. The molecule has 0 amide bonds. The maximum atomic E-state index is 11.1. The zero-order valence-electron chi connectivity index (χ0n) is 15.0. The summed E-state index contributed by atoms with van der Waals surface area (Å²) < 4.78 is 7.12. The van der Waals surface area contributed by atoms with Gasteiger partial charge < -0.3 is 25.3 Å². The molecule has 1 aromatic heterocycles. The van der Waals surface area contributed by atoms with Gasteiger partial charge in [-0.3, -0.25) is 0 Å². The molecule has 0 bridgehead atoms. The fourth-order valence-corrected chi connectivity index (χ4v) is 2.62. The fraction of sp³-hybridized carbons (Fsp3) is 0.389. The van der Waals surface area contributed by atoms with Gasteiger partial charge in [-0.1, -0.05) is 0 Å². The molecule has 26 heavy (non-hydrogen) atoms.